The van der Waals surface area contributed by atoms with Crippen LogP contribution in [0.3, 0.4) is 0 Å². The van der Waals surface area contributed by atoms with Gasteiger partial charge in [0.2, 0.25) is 0 Å². The van der Waals surface area contributed by atoms with Crippen molar-refractivity contribution in [3.63, 3.8) is 0 Å². The van der Waals surface area contributed by atoms with Crippen molar-refractivity contribution >= 4 is 23.4 Å². The number of pyridine rings is 1. The van der Waals surface area contributed by atoms with E-state index in [1.54, 1.807) is 6.20 Å². The molecule has 134 valence electrons. The minimum Gasteiger partial charge on any atom is -0.334 e. The molecule has 1 aliphatic rings. The first-order valence-corrected chi connectivity index (χ1v) is 8.21. The molecule has 4 heterocycles. The van der Waals surface area contributed by atoms with Crippen molar-refractivity contribution < 1.29 is 4.52 Å². The number of aromatic nitrogens is 5. The number of hydrogen-bond donors (Lipinski definition) is 1. The highest BCUT2D eigenvalue weighted by Gasteiger charge is 2.25. The van der Waals surface area contributed by atoms with E-state index in [0.29, 0.717) is 11.7 Å². The van der Waals surface area contributed by atoms with Gasteiger partial charge in [-0.2, -0.15) is 10.1 Å². The van der Waals surface area contributed by atoms with E-state index in [1.165, 1.54) is 0 Å². The van der Waals surface area contributed by atoms with Gasteiger partial charge in [0.05, 0.1) is 17.8 Å². The quantitative estimate of drug-likeness (QED) is 0.762. The lowest BCUT2D eigenvalue weighted by atomic mass is 10.2. The van der Waals surface area contributed by atoms with Crippen LogP contribution in [0.2, 0.25) is 0 Å². The van der Waals surface area contributed by atoms with Crippen molar-refractivity contribution in [2.75, 3.05) is 26.7 Å². The average molecular weight is 364 g/mol. The van der Waals surface area contributed by atoms with Gasteiger partial charge in [0.1, 0.15) is 0 Å². The molecule has 0 aliphatic carbocycles. The van der Waals surface area contributed by atoms with Crippen LogP contribution in [-0.4, -0.2) is 56.5 Å². The molecule has 1 fully saturated rings. The molecule has 1 unspecified atom stereocenters. The standard InChI is InChI=1S/C16H21N7O.ClH/c1-10(2)23-15-11(8-19-23)6-12(7-18-15)16-20-14(21-24-16)13-9-17-4-5-22(13)3;/h6-8,10,13,17H,4-5,9H2,1-3H3;1H. The highest BCUT2D eigenvalue weighted by atomic mass is 35.5. The number of nitrogens with one attached hydrogen (secondary N) is 1. The molecule has 0 radical (unpaired) electrons. The van der Waals surface area contributed by atoms with Gasteiger partial charge in [0, 0.05) is 37.3 Å². The molecule has 0 saturated carbocycles. The Kier molecular flexibility index (Phi) is 5.03. The Morgan fingerprint density at radius 2 is 2.16 bits per heavy atom. The minimum atomic E-state index is 0. The molecule has 0 bridgehead atoms. The second-order valence-electron chi connectivity index (χ2n) is 6.48. The first-order chi connectivity index (χ1) is 11.6. The summed E-state index contributed by atoms with van der Waals surface area (Å²) in [5.41, 5.74) is 1.68. The van der Waals surface area contributed by atoms with E-state index in [-0.39, 0.29) is 24.5 Å². The Bertz CT molecular complexity index is 859. The lowest BCUT2D eigenvalue weighted by Crippen LogP contribution is -2.44. The van der Waals surface area contributed by atoms with Crippen LogP contribution in [0.5, 0.6) is 0 Å². The van der Waals surface area contributed by atoms with Crippen LogP contribution in [0.15, 0.2) is 23.0 Å². The smallest absolute Gasteiger partial charge is 0.259 e. The summed E-state index contributed by atoms with van der Waals surface area (Å²) in [7, 11) is 2.08. The predicted octanol–water partition coefficient (Wildman–Crippen LogP) is 2.06. The predicted molar refractivity (Wildman–Crippen MR) is 96.7 cm³/mol. The largest absolute Gasteiger partial charge is 0.334 e. The Morgan fingerprint density at radius 1 is 1.32 bits per heavy atom. The molecule has 9 heteroatoms. The van der Waals surface area contributed by atoms with Gasteiger partial charge in [-0.3, -0.25) is 4.90 Å². The van der Waals surface area contributed by atoms with Gasteiger partial charge >= 0.3 is 0 Å². The maximum Gasteiger partial charge on any atom is 0.259 e. The van der Waals surface area contributed by atoms with E-state index in [4.69, 9.17) is 4.52 Å². The minimum absolute atomic E-state index is 0. The molecule has 1 atom stereocenters. The number of piperazine rings is 1. The third-order valence-electron chi connectivity index (χ3n) is 4.42. The van der Waals surface area contributed by atoms with Crippen LogP contribution in [0.4, 0.5) is 0 Å². The number of nitrogens with zero attached hydrogens (tertiary/aromatic N) is 6. The van der Waals surface area contributed by atoms with E-state index < -0.39 is 0 Å². The van der Waals surface area contributed by atoms with E-state index >= 15 is 0 Å². The summed E-state index contributed by atoms with van der Waals surface area (Å²) in [4.78, 5) is 11.3. The molecule has 3 aromatic heterocycles. The fraction of sp³-hybridized carbons (Fsp3) is 0.500. The zero-order valence-electron chi connectivity index (χ0n) is 14.5. The van der Waals surface area contributed by atoms with Crippen LogP contribution >= 0.6 is 12.4 Å². The highest BCUT2D eigenvalue weighted by Crippen LogP contribution is 2.25. The number of halogens is 1. The summed E-state index contributed by atoms with van der Waals surface area (Å²) in [5.74, 6) is 1.20. The van der Waals surface area contributed by atoms with Crippen molar-refractivity contribution in [3.8, 4) is 11.5 Å². The van der Waals surface area contributed by atoms with Crippen LogP contribution in [0.25, 0.3) is 22.5 Å². The third kappa shape index (κ3) is 3.24. The van der Waals surface area contributed by atoms with Gasteiger partial charge < -0.3 is 9.84 Å². The van der Waals surface area contributed by atoms with Gasteiger partial charge in [0.15, 0.2) is 11.5 Å². The molecule has 1 saturated heterocycles. The molecule has 25 heavy (non-hydrogen) atoms. The summed E-state index contributed by atoms with van der Waals surface area (Å²) in [5, 5.41) is 12.9. The first kappa shape index (κ1) is 17.8. The Balaban J connectivity index is 0.00000182. The SMILES string of the molecule is CC(C)n1ncc2cc(-c3nc(C4CNCCN4C)no3)cnc21.Cl. The molecule has 0 amide bonds. The van der Waals surface area contributed by atoms with Gasteiger partial charge in [-0.1, -0.05) is 5.16 Å². The molecule has 1 aliphatic heterocycles. The maximum absolute atomic E-state index is 5.47. The van der Waals surface area contributed by atoms with Crippen molar-refractivity contribution in [1.29, 1.82) is 0 Å². The second-order valence-corrected chi connectivity index (χ2v) is 6.48. The van der Waals surface area contributed by atoms with E-state index in [2.05, 4.69) is 51.3 Å². The maximum atomic E-state index is 5.47. The molecule has 8 nitrogen and oxygen atoms in total. The summed E-state index contributed by atoms with van der Waals surface area (Å²) in [6.45, 7) is 6.95. The number of rotatable bonds is 3. The van der Waals surface area contributed by atoms with E-state index in [1.807, 2.05) is 16.9 Å². The van der Waals surface area contributed by atoms with E-state index in [9.17, 15) is 0 Å². The third-order valence-corrected chi connectivity index (χ3v) is 4.42. The van der Waals surface area contributed by atoms with E-state index in [0.717, 1.165) is 36.2 Å². The summed E-state index contributed by atoms with van der Waals surface area (Å²) in [6, 6.07) is 2.40. The topological polar surface area (TPSA) is 84.9 Å². The number of likely N-dealkylation sites (N-methyl/N-ethyl adjacent to an activating group) is 1. The van der Waals surface area contributed by atoms with Crippen molar-refractivity contribution in [2.24, 2.45) is 0 Å². The van der Waals surface area contributed by atoms with Crippen molar-refractivity contribution in [2.45, 2.75) is 25.9 Å². The molecule has 1 N–H and O–H groups in total. The lowest BCUT2D eigenvalue weighted by molar-refractivity contribution is 0.190. The van der Waals surface area contributed by atoms with Crippen molar-refractivity contribution in [3.05, 3.63) is 24.3 Å². The van der Waals surface area contributed by atoms with Gasteiger partial charge in [0.25, 0.3) is 5.89 Å². The van der Waals surface area contributed by atoms with Gasteiger partial charge in [-0.25, -0.2) is 9.67 Å². The molecule has 4 rings (SSSR count). The van der Waals surface area contributed by atoms with Gasteiger partial charge in [-0.05, 0) is 27.0 Å². The fourth-order valence-corrected chi connectivity index (χ4v) is 3.02. The molecular weight excluding hydrogens is 342 g/mol. The Labute approximate surface area is 152 Å². The van der Waals surface area contributed by atoms with Crippen LogP contribution < -0.4 is 5.32 Å². The summed E-state index contributed by atoms with van der Waals surface area (Å²) >= 11 is 0. The Hall–Kier alpha value is -2.03. The Morgan fingerprint density at radius 3 is 2.92 bits per heavy atom. The molecule has 3 aromatic rings. The van der Waals surface area contributed by atoms with Crippen LogP contribution in [0.1, 0.15) is 31.8 Å². The van der Waals surface area contributed by atoms with Crippen molar-refractivity contribution in [1.82, 2.24) is 35.1 Å². The monoisotopic (exact) mass is 363 g/mol. The van der Waals surface area contributed by atoms with Crippen LogP contribution in [0, 0.1) is 0 Å². The zero-order chi connectivity index (χ0) is 16.7. The summed E-state index contributed by atoms with van der Waals surface area (Å²) < 4.78 is 7.38. The average Bonchev–Trinajstić information content (AvgIpc) is 3.21. The second kappa shape index (κ2) is 7.07. The first-order valence-electron chi connectivity index (χ1n) is 8.21. The highest BCUT2D eigenvalue weighted by molar-refractivity contribution is 5.85. The lowest BCUT2D eigenvalue weighted by Gasteiger charge is -2.30. The summed E-state index contributed by atoms with van der Waals surface area (Å²) in [6.07, 6.45) is 3.59. The molecule has 0 aromatic carbocycles. The van der Waals surface area contributed by atoms with Gasteiger partial charge in [-0.15, -0.1) is 12.4 Å². The normalized spacial score (nSPS) is 18.6. The number of hydrogen-bond acceptors (Lipinski definition) is 7. The number of fused-ring (bicyclic) bond motifs is 1. The zero-order valence-corrected chi connectivity index (χ0v) is 15.3. The van der Waals surface area contributed by atoms with Crippen LogP contribution in [-0.2, 0) is 0 Å². The molecule has 0 spiro atoms. The molecular formula is C16H22ClN7O. The fourth-order valence-electron chi connectivity index (χ4n) is 3.02.